The fraction of sp³-hybridized carbons (Fsp3) is 0.818. The van der Waals surface area contributed by atoms with Gasteiger partial charge in [-0.1, -0.05) is 0 Å². The van der Waals surface area contributed by atoms with Crippen LogP contribution in [0.1, 0.15) is 34.1 Å². The summed E-state index contributed by atoms with van der Waals surface area (Å²) in [5.41, 5.74) is -2.78. The molecule has 1 amide bonds. The van der Waals surface area contributed by atoms with Crippen LogP contribution in [0, 0.1) is 0 Å². The summed E-state index contributed by atoms with van der Waals surface area (Å²) in [7, 11) is 1.48. The molecular weight excluding hydrogens is 210 g/mol. The second-order valence-electron chi connectivity index (χ2n) is 5.43. The second kappa shape index (κ2) is 3.45. The second-order valence-corrected chi connectivity index (χ2v) is 5.43. The standard InChI is InChI=1S/C11H19NO4/c1-9(2)6-11(8(14)15,12(5)7-13)10(3,4)16-9/h7H,6H2,1-5H3,(H,14,15). The lowest BCUT2D eigenvalue weighted by atomic mass is 9.78. The first-order chi connectivity index (χ1) is 7.09. The van der Waals surface area contributed by atoms with E-state index >= 15 is 0 Å². The molecule has 0 aliphatic carbocycles. The molecule has 1 N–H and O–H groups in total. The highest BCUT2D eigenvalue weighted by molar-refractivity contribution is 5.84. The van der Waals surface area contributed by atoms with Crippen LogP contribution in [0.25, 0.3) is 0 Å². The van der Waals surface area contributed by atoms with Crippen LogP contribution in [-0.2, 0) is 14.3 Å². The summed E-state index contributed by atoms with van der Waals surface area (Å²) in [5.74, 6) is -1.03. The van der Waals surface area contributed by atoms with E-state index in [1.165, 1.54) is 11.9 Å². The Kier molecular flexibility index (Phi) is 2.79. The van der Waals surface area contributed by atoms with Crippen LogP contribution in [0.4, 0.5) is 0 Å². The molecule has 1 fully saturated rings. The highest BCUT2D eigenvalue weighted by Gasteiger charge is 2.64. The molecule has 1 atom stereocenters. The number of carbonyl (C=O) groups excluding carboxylic acids is 1. The van der Waals surface area contributed by atoms with E-state index in [-0.39, 0.29) is 6.42 Å². The molecule has 0 aromatic rings. The van der Waals surface area contributed by atoms with Gasteiger partial charge in [0.1, 0.15) is 0 Å². The monoisotopic (exact) mass is 229 g/mol. The van der Waals surface area contributed by atoms with Gasteiger partial charge in [-0.25, -0.2) is 4.79 Å². The Balaban J connectivity index is 3.31. The zero-order chi connectivity index (χ0) is 12.8. The van der Waals surface area contributed by atoms with Crippen LogP contribution in [0.15, 0.2) is 0 Å². The number of likely N-dealkylation sites (N-methyl/N-ethyl adjacent to an activating group) is 1. The van der Waals surface area contributed by atoms with Gasteiger partial charge in [-0.2, -0.15) is 0 Å². The Morgan fingerprint density at radius 3 is 2.12 bits per heavy atom. The lowest BCUT2D eigenvalue weighted by Gasteiger charge is -2.40. The summed E-state index contributed by atoms with van der Waals surface area (Å²) < 4.78 is 5.76. The smallest absolute Gasteiger partial charge is 0.332 e. The number of carboxylic acid groups (broad SMARTS) is 1. The van der Waals surface area contributed by atoms with Crippen molar-refractivity contribution in [2.45, 2.75) is 50.9 Å². The molecule has 1 rings (SSSR count). The third-order valence-electron chi connectivity index (χ3n) is 3.32. The van der Waals surface area contributed by atoms with Gasteiger partial charge in [0.05, 0.1) is 11.2 Å². The molecule has 0 spiro atoms. The van der Waals surface area contributed by atoms with Gasteiger partial charge in [-0.3, -0.25) is 4.79 Å². The Labute approximate surface area is 95.4 Å². The number of aliphatic carboxylic acids is 1. The molecule has 1 heterocycles. The van der Waals surface area contributed by atoms with Gasteiger partial charge in [0.15, 0.2) is 5.54 Å². The maximum atomic E-state index is 11.5. The number of amides is 1. The quantitative estimate of drug-likeness (QED) is 0.729. The minimum absolute atomic E-state index is 0.275. The molecule has 0 radical (unpaired) electrons. The molecule has 0 aromatic carbocycles. The molecule has 1 saturated heterocycles. The van der Waals surface area contributed by atoms with Gasteiger partial charge in [0, 0.05) is 13.5 Å². The number of ether oxygens (including phenoxy) is 1. The minimum atomic E-state index is -1.31. The Morgan fingerprint density at radius 2 is 1.88 bits per heavy atom. The first-order valence-corrected chi connectivity index (χ1v) is 5.21. The maximum absolute atomic E-state index is 11.5. The van der Waals surface area contributed by atoms with Gasteiger partial charge in [0.25, 0.3) is 0 Å². The summed E-state index contributed by atoms with van der Waals surface area (Å²) in [6.07, 6.45) is 0.818. The molecule has 1 aliphatic rings. The zero-order valence-corrected chi connectivity index (χ0v) is 10.4. The Bertz CT molecular complexity index is 324. The Hall–Kier alpha value is -1.10. The van der Waals surface area contributed by atoms with E-state index in [1.807, 2.05) is 13.8 Å². The maximum Gasteiger partial charge on any atom is 0.332 e. The van der Waals surface area contributed by atoms with E-state index in [4.69, 9.17) is 4.74 Å². The van der Waals surface area contributed by atoms with Crippen LogP contribution in [0.5, 0.6) is 0 Å². The molecule has 5 heteroatoms. The lowest BCUT2D eigenvalue weighted by molar-refractivity contribution is -0.166. The Morgan fingerprint density at radius 1 is 1.38 bits per heavy atom. The highest BCUT2D eigenvalue weighted by Crippen LogP contribution is 2.47. The van der Waals surface area contributed by atoms with Crippen LogP contribution >= 0.6 is 0 Å². The first kappa shape index (κ1) is 13.0. The van der Waals surface area contributed by atoms with Crippen LogP contribution in [0.3, 0.4) is 0 Å². The minimum Gasteiger partial charge on any atom is -0.479 e. The van der Waals surface area contributed by atoms with E-state index < -0.39 is 22.7 Å². The molecule has 1 unspecified atom stereocenters. The van der Waals surface area contributed by atoms with E-state index in [0.29, 0.717) is 6.41 Å². The van der Waals surface area contributed by atoms with Crippen molar-refractivity contribution in [3.63, 3.8) is 0 Å². The van der Waals surface area contributed by atoms with Crippen LogP contribution in [0.2, 0.25) is 0 Å². The summed E-state index contributed by atoms with van der Waals surface area (Å²) in [5, 5.41) is 9.45. The number of carbonyl (C=O) groups is 2. The zero-order valence-electron chi connectivity index (χ0n) is 10.4. The number of hydrogen-bond acceptors (Lipinski definition) is 3. The van der Waals surface area contributed by atoms with Gasteiger partial charge in [-0.05, 0) is 27.7 Å². The normalized spacial score (nSPS) is 31.1. The van der Waals surface area contributed by atoms with Crippen molar-refractivity contribution in [3.05, 3.63) is 0 Å². The molecule has 5 nitrogen and oxygen atoms in total. The molecule has 92 valence electrons. The fourth-order valence-corrected chi connectivity index (χ4v) is 2.76. The molecule has 16 heavy (non-hydrogen) atoms. The topological polar surface area (TPSA) is 66.8 Å². The highest BCUT2D eigenvalue weighted by atomic mass is 16.5. The number of nitrogens with zero attached hydrogens (tertiary/aromatic N) is 1. The van der Waals surface area contributed by atoms with Crippen LogP contribution in [-0.4, -0.2) is 46.2 Å². The first-order valence-electron chi connectivity index (χ1n) is 5.21. The van der Waals surface area contributed by atoms with Crippen molar-refractivity contribution in [2.75, 3.05) is 7.05 Å². The number of hydrogen-bond donors (Lipinski definition) is 1. The molecule has 0 bridgehead atoms. The van der Waals surface area contributed by atoms with E-state index in [0.717, 1.165) is 0 Å². The number of rotatable bonds is 3. The van der Waals surface area contributed by atoms with E-state index in [2.05, 4.69) is 0 Å². The predicted octanol–water partition coefficient (Wildman–Crippen LogP) is 0.875. The summed E-state index contributed by atoms with van der Waals surface area (Å²) in [6, 6.07) is 0. The lowest BCUT2D eigenvalue weighted by Crippen LogP contribution is -2.62. The van der Waals surface area contributed by atoms with Crippen molar-refractivity contribution in [1.82, 2.24) is 4.90 Å². The van der Waals surface area contributed by atoms with Gasteiger partial charge >= 0.3 is 5.97 Å². The van der Waals surface area contributed by atoms with Crippen molar-refractivity contribution in [2.24, 2.45) is 0 Å². The fourth-order valence-electron chi connectivity index (χ4n) is 2.76. The SMILES string of the molecule is CN(C=O)C1(C(=O)O)CC(C)(C)OC1(C)C. The third-order valence-corrected chi connectivity index (χ3v) is 3.32. The van der Waals surface area contributed by atoms with E-state index in [9.17, 15) is 14.7 Å². The molecule has 0 aromatic heterocycles. The van der Waals surface area contributed by atoms with Crippen molar-refractivity contribution in [3.8, 4) is 0 Å². The summed E-state index contributed by atoms with van der Waals surface area (Å²) in [6.45, 7) is 7.07. The van der Waals surface area contributed by atoms with Gasteiger partial charge in [0.2, 0.25) is 6.41 Å². The summed E-state index contributed by atoms with van der Waals surface area (Å²) in [4.78, 5) is 23.7. The molecular formula is C11H19NO4. The average Bonchev–Trinajstić information content (AvgIpc) is 2.30. The molecule has 0 saturated carbocycles. The molecule has 1 aliphatic heterocycles. The third kappa shape index (κ3) is 1.59. The van der Waals surface area contributed by atoms with Crippen molar-refractivity contribution < 1.29 is 19.4 Å². The predicted molar refractivity (Wildman–Crippen MR) is 58.1 cm³/mol. The van der Waals surface area contributed by atoms with Gasteiger partial charge in [-0.15, -0.1) is 0 Å². The van der Waals surface area contributed by atoms with Gasteiger partial charge < -0.3 is 14.7 Å². The largest absolute Gasteiger partial charge is 0.479 e. The van der Waals surface area contributed by atoms with Crippen molar-refractivity contribution >= 4 is 12.4 Å². The summed E-state index contributed by atoms with van der Waals surface area (Å²) >= 11 is 0. The van der Waals surface area contributed by atoms with E-state index in [1.54, 1.807) is 13.8 Å². The average molecular weight is 229 g/mol. The number of carboxylic acids is 1. The van der Waals surface area contributed by atoms with Crippen LogP contribution < -0.4 is 0 Å². The van der Waals surface area contributed by atoms with Crippen molar-refractivity contribution in [1.29, 1.82) is 0 Å².